The fourth-order valence-electron chi connectivity index (χ4n) is 3.86. The van der Waals surface area contributed by atoms with Crippen LogP contribution in [0, 0.1) is 5.92 Å². The van der Waals surface area contributed by atoms with E-state index in [-0.39, 0.29) is 23.3 Å². The molecule has 1 aromatic carbocycles. The number of hydrogen-bond acceptors (Lipinski definition) is 4. The minimum absolute atomic E-state index is 0.108. The number of amides is 3. The summed E-state index contributed by atoms with van der Waals surface area (Å²) in [6.07, 6.45) is 2.41. The van der Waals surface area contributed by atoms with Gasteiger partial charge in [0.15, 0.2) is 0 Å². The summed E-state index contributed by atoms with van der Waals surface area (Å²) in [4.78, 5) is 26.8. The molecule has 2 saturated heterocycles. The number of carbonyl (C=O) groups is 2. The lowest BCUT2D eigenvalue weighted by atomic mass is 9.73. The first-order valence-corrected chi connectivity index (χ1v) is 9.35. The van der Waals surface area contributed by atoms with E-state index in [4.69, 9.17) is 9.47 Å². The molecule has 0 aliphatic carbocycles. The molecule has 0 bridgehead atoms. The van der Waals surface area contributed by atoms with Crippen molar-refractivity contribution in [3.63, 3.8) is 0 Å². The molecule has 2 aliphatic heterocycles. The summed E-state index contributed by atoms with van der Waals surface area (Å²) in [5.74, 6) is 0.814. The Hall–Kier alpha value is -2.08. The van der Waals surface area contributed by atoms with Crippen LogP contribution >= 0.6 is 0 Å². The fraction of sp³-hybridized carbons (Fsp3) is 0.600. The molecule has 3 rings (SSSR count). The van der Waals surface area contributed by atoms with Crippen LogP contribution in [0.15, 0.2) is 24.3 Å². The lowest BCUT2D eigenvalue weighted by Gasteiger charge is -2.39. The Morgan fingerprint density at radius 1 is 1.27 bits per heavy atom. The van der Waals surface area contributed by atoms with Crippen LogP contribution in [-0.2, 0) is 14.9 Å². The Labute approximate surface area is 154 Å². The number of nitrogens with one attached hydrogen (secondary N) is 1. The third-order valence-corrected chi connectivity index (χ3v) is 5.88. The lowest BCUT2D eigenvalue weighted by Crippen LogP contribution is -2.47. The summed E-state index contributed by atoms with van der Waals surface area (Å²) in [6.45, 7) is 5.68. The van der Waals surface area contributed by atoms with Gasteiger partial charge in [-0.1, -0.05) is 32.4 Å². The Balaban J connectivity index is 1.86. The van der Waals surface area contributed by atoms with Crippen molar-refractivity contribution in [2.24, 2.45) is 5.92 Å². The Bertz CT molecular complexity index is 652. The Morgan fingerprint density at radius 3 is 2.50 bits per heavy atom. The van der Waals surface area contributed by atoms with E-state index in [0.29, 0.717) is 19.8 Å². The first kappa shape index (κ1) is 18.7. The third kappa shape index (κ3) is 3.43. The number of ether oxygens (including phenoxy) is 2. The standard InChI is InChI=1S/C20H28N2O4/c1-4-14(2)17-18(23)22(19(24)21-17)13-20(9-11-26-12-10-20)15-5-7-16(25-3)8-6-15/h5-8,14,17H,4,9-13H2,1-3H3,(H,21,24). The second kappa shape index (κ2) is 7.66. The smallest absolute Gasteiger partial charge is 0.324 e. The molecule has 142 valence electrons. The molecule has 1 N–H and O–H groups in total. The van der Waals surface area contributed by atoms with E-state index in [1.54, 1.807) is 7.11 Å². The number of carbonyl (C=O) groups excluding carboxylic acids is 2. The fourth-order valence-corrected chi connectivity index (χ4v) is 3.86. The van der Waals surface area contributed by atoms with E-state index in [1.165, 1.54) is 4.90 Å². The summed E-state index contributed by atoms with van der Waals surface area (Å²) in [6, 6.07) is 7.24. The summed E-state index contributed by atoms with van der Waals surface area (Å²) < 4.78 is 10.8. The first-order chi connectivity index (χ1) is 12.5. The zero-order valence-electron chi connectivity index (χ0n) is 15.8. The van der Waals surface area contributed by atoms with Crippen LogP contribution in [-0.4, -0.2) is 49.7 Å². The summed E-state index contributed by atoms with van der Waals surface area (Å²) in [7, 11) is 1.64. The average Bonchev–Trinajstić information content (AvgIpc) is 2.96. The summed E-state index contributed by atoms with van der Waals surface area (Å²) in [5, 5.41) is 2.87. The zero-order chi connectivity index (χ0) is 18.7. The van der Waals surface area contributed by atoms with Crippen molar-refractivity contribution in [1.82, 2.24) is 10.2 Å². The first-order valence-electron chi connectivity index (χ1n) is 9.35. The van der Waals surface area contributed by atoms with Crippen molar-refractivity contribution in [2.75, 3.05) is 26.9 Å². The van der Waals surface area contributed by atoms with E-state index in [2.05, 4.69) is 5.32 Å². The molecule has 6 nitrogen and oxygen atoms in total. The number of rotatable bonds is 6. The molecule has 2 unspecified atom stereocenters. The van der Waals surface area contributed by atoms with E-state index >= 15 is 0 Å². The molecule has 2 aliphatic rings. The predicted octanol–water partition coefficient (Wildman–Crippen LogP) is 2.71. The summed E-state index contributed by atoms with van der Waals surface area (Å²) >= 11 is 0. The maximum Gasteiger partial charge on any atom is 0.324 e. The third-order valence-electron chi connectivity index (χ3n) is 5.88. The van der Waals surface area contributed by atoms with Gasteiger partial charge in [0.25, 0.3) is 5.91 Å². The van der Waals surface area contributed by atoms with Crippen molar-refractivity contribution in [3.05, 3.63) is 29.8 Å². The molecular weight excluding hydrogens is 332 g/mol. The highest BCUT2D eigenvalue weighted by Crippen LogP contribution is 2.37. The normalized spacial score (nSPS) is 23.7. The van der Waals surface area contributed by atoms with Gasteiger partial charge in [-0.2, -0.15) is 0 Å². The van der Waals surface area contributed by atoms with Gasteiger partial charge in [0.1, 0.15) is 11.8 Å². The number of urea groups is 1. The molecule has 26 heavy (non-hydrogen) atoms. The van der Waals surface area contributed by atoms with Crippen LogP contribution in [0.3, 0.4) is 0 Å². The molecule has 0 spiro atoms. The van der Waals surface area contributed by atoms with Crippen LogP contribution in [0.5, 0.6) is 5.75 Å². The molecule has 0 saturated carbocycles. The number of imide groups is 1. The quantitative estimate of drug-likeness (QED) is 0.792. The second-order valence-electron chi connectivity index (χ2n) is 7.36. The van der Waals surface area contributed by atoms with Gasteiger partial charge < -0.3 is 14.8 Å². The minimum atomic E-state index is -0.416. The summed E-state index contributed by atoms with van der Waals surface area (Å²) in [5.41, 5.74) is 0.844. The van der Waals surface area contributed by atoms with Gasteiger partial charge >= 0.3 is 6.03 Å². The maximum absolute atomic E-state index is 12.9. The maximum atomic E-state index is 12.9. The van der Waals surface area contributed by atoms with Crippen molar-refractivity contribution >= 4 is 11.9 Å². The highest BCUT2D eigenvalue weighted by Gasteiger charge is 2.45. The van der Waals surface area contributed by atoms with Crippen LogP contribution < -0.4 is 10.1 Å². The van der Waals surface area contributed by atoms with Crippen molar-refractivity contribution < 1.29 is 19.1 Å². The van der Waals surface area contributed by atoms with Crippen LogP contribution in [0.25, 0.3) is 0 Å². The monoisotopic (exact) mass is 360 g/mol. The van der Waals surface area contributed by atoms with Gasteiger partial charge in [-0.15, -0.1) is 0 Å². The topological polar surface area (TPSA) is 67.9 Å². The van der Waals surface area contributed by atoms with Crippen molar-refractivity contribution in [1.29, 1.82) is 0 Å². The van der Waals surface area contributed by atoms with Crippen LogP contribution in [0.2, 0.25) is 0 Å². The number of benzene rings is 1. The molecule has 2 fully saturated rings. The lowest BCUT2D eigenvalue weighted by molar-refractivity contribution is -0.129. The van der Waals surface area contributed by atoms with Gasteiger partial charge in [0, 0.05) is 25.2 Å². The van der Waals surface area contributed by atoms with E-state index < -0.39 is 6.04 Å². The zero-order valence-corrected chi connectivity index (χ0v) is 15.8. The van der Waals surface area contributed by atoms with Crippen LogP contribution in [0.4, 0.5) is 4.79 Å². The van der Waals surface area contributed by atoms with Gasteiger partial charge in [0.2, 0.25) is 0 Å². The van der Waals surface area contributed by atoms with Gasteiger partial charge in [-0.05, 0) is 36.5 Å². The van der Waals surface area contributed by atoms with E-state index in [0.717, 1.165) is 30.6 Å². The highest BCUT2D eigenvalue weighted by molar-refractivity contribution is 6.04. The molecule has 2 heterocycles. The van der Waals surface area contributed by atoms with Crippen LogP contribution in [0.1, 0.15) is 38.7 Å². The largest absolute Gasteiger partial charge is 0.497 e. The highest BCUT2D eigenvalue weighted by atomic mass is 16.5. The molecule has 3 amide bonds. The molecule has 0 aromatic heterocycles. The molecule has 1 aromatic rings. The van der Waals surface area contributed by atoms with Crippen molar-refractivity contribution in [2.45, 2.75) is 44.6 Å². The number of methoxy groups -OCH3 is 1. The van der Waals surface area contributed by atoms with E-state index in [1.807, 2.05) is 38.1 Å². The molecule has 6 heteroatoms. The van der Waals surface area contributed by atoms with Crippen molar-refractivity contribution in [3.8, 4) is 5.75 Å². The minimum Gasteiger partial charge on any atom is -0.497 e. The Kier molecular flexibility index (Phi) is 5.51. The van der Waals surface area contributed by atoms with Gasteiger partial charge in [0.05, 0.1) is 7.11 Å². The second-order valence-corrected chi connectivity index (χ2v) is 7.36. The number of nitrogens with zero attached hydrogens (tertiary/aromatic N) is 1. The molecular formula is C20H28N2O4. The molecule has 2 atom stereocenters. The van der Waals surface area contributed by atoms with Gasteiger partial charge in [-0.3, -0.25) is 9.69 Å². The van der Waals surface area contributed by atoms with Gasteiger partial charge in [-0.25, -0.2) is 4.79 Å². The predicted molar refractivity (Wildman–Crippen MR) is 98.2 cm³/mol. The Morgan fingerprint density at radius 2 is 1.92 bits per heavy atom. The average molecular weight is 360 g/mol. The van der Waals surface area contributed by atoms with E-state index in [9.17, 15) is 9.59 Å². The SMILES string of the molecule is CCC(C)C1NC(=O)N(CC2(c3ccc(OC)cc3)CCOCC2)C1=O. The molecule has 0 radical (unpaired) electrons. The number of hydrogen-bond donors (Lipinski definition) is 1.